The lowest BCUT2D eigenvalue weighted by Crippen LogP contribution is -2.36. The summed E-state index contributed by atoms with van der Waals surface area (Å²) in [6.45, 7) is 1.55. The van der Waals surface area contributed by atoms with Crippen molar-refractivity contribution >= 4 is 11.6 Å². The fourth-order valence-corrected chi connectivity index (χ4v) is 2.26. The van der Waals surface area contributed by atoms with Crippen molar-refractivity contribution in [1.82, 2.24) is 4.90 Å². The zero-order chi connectivity index (χ0) is 13.8. The van der Waals surface area contributed by atoms with Gasteiger partial charge in [-0.2, -0.15) is 0 Å². The molecule has 1 N–H and O–H groups in total. The Morgan fingerprint density at radius 3 is 2.58 bits per heavy atom. The highest BCUT2D eigenvalue weighted by Crippen LogP contribution is 2.26. The third-order valence-electron chi connectivity index (χ3n) is 3.30. The van der Waals surface area contributed by atoms with Gasteiger partial charge in [0.15, 0.2) is 5.75 Å². The van der Waals surface area contributed by atoms with E-state index in [4.69, 9.17) is 0 Å². The van der Waals surface area contributed by atoms with Crippen LogP contribution in [-0.2, 0) is 11.2 Å². The van der Waals surface area contributed by atoms with E-state index in [9.17, 15) is 20.0 Å². The maximum atomic E-state index is 12.0. The number of phenols is 1. The molecule has 0 unspecified atom stereocenters. The summed E-state index contributed by atoms with van der Waals surface area (Å²) < 4.78 is 0. The van der Waals surface area contributed by atoms with Gasteiger partial charge in [0.2, 0.25) is 5.91 Å². The van der Waals surface area contributed by atoms with Crippen molar-refractivity contribution in [1.29, 1.82) is 0 Å². The van der Waals surface area contributed by atoms with E-state index >= 15 is 0 Å². The lowest BCUT2D eigenvalue weighted by atomic mass is 10.1. The van der Waals surface area contributed by atoms with Crippen molar-refractivity contribution in [3.63, 3.8) is 0 Å². The molecule has 1 heterocycles. The zero-order valence-electron chi connectivity index (χ0n) is 10.5. The van der Waals surface area contributed by atoms with E-state index in [1.165, 1.54) is 18.2 Å². The molecular weight excluding hydrogens is 248 g/mol. The second kappa shape index (κ2) is 5.69. The Labute approximate surface area is 110 Å². The van der Waals surface area contributed by atoms with Gasteiger partial charge in [-0.05, 0) is 30.9 Å². The number of aromatic hydroxyl groups is 1. The molecule has 0 spiro atoms. The summed E-state index contributed by atoms with van der Waals surface area (Å²) in [5.41, 5.74) is 0.257. The maximum absolute atomic E-state index is 12.0. The fourth-order valence-electron chi connectivity index (χ4n) is 2.26. The number of carbonyl (C=O) groups excluding carboxylic acids is 1. The second-order valence-electron chi connectivity index (χ2n) is 4.70. The summed E-state index contributed by atoms with van der Waals surface area (Å²) in [6.07, 6.45) is 3.38. The Kier molecular flexibility index (Phi) is 3.99. The molecule has 6 nitrogen and oxygen atoms in total. The number of hydrogen-bond acceptors (Lipinski definition) is 4. The summed E-state index contributed by atoms with van der Waals surface area (Å²) in [6, 6.07) is 4.04. The normalized spacial score (nSPS) is 15.3. The van der Waals surface area contributed by atoms with Gasteiger partial charge in [-0.3, -0.25) is 14.9 Å². The van der Waals surface area contributed by atoms with Crippen LogP contribution < -0.4 is 0 Å². The highest BCUT2D eigenvalue weighted by atomic mass is 16.6. The Balaban J connectivity index is 2.04. The van der Waals surface area contributed by atoms with Gasteiger partial charge in [0.1, 0.15) is 0 Å². The average Bonchev–Trinajstić information content (AvgIpc) is 2.39. The van der Waals surface area contributed by atoms with Gasteiger partial charge in [0.25, 0.3) is 0 Å². The van der Waals surface area contributed by atoms with E-state index in [-0.39, 0.29) is 18.0 Å². The van der Waals surface area contributed by atoms with Crippen molar-refractivity contribution in [3.8, 4) is 5.75 Å². The minimum atomic E-state index is -0.647. The van der Waals surface area contributed by atoms with Gasteiger partial charge >= 0.3 is 5.69 Å². The molecule has 0 aromatic heterocycles. The van der Waals surface area contributed by atoms with Gasteiger partial charge in [-0.1, -0.05) is 6.07 Å². The smallest absolute Gasteiger partial charge is 0.310 e. The van der Waals surface area contributed by atoms with Crippen molar-refractivity contribution in [2.45, 2.75) is 25.7 Å². The number of piperidine rings is 1. The van der Waals surface area contributed by atoms with E-state index in [1.807, 2.05) is 4.90 Å². The summed E-state index contributed by atoms with van der Waals surface area (Å²) in [7, 11) is 0. The molecule has 2 rings (SSSR count). The fraction of sp³-hybridized carbons (Fsp3) is 0.462. The summed E-state index contributed by atoms with van der Waals surface area (Å²) in [5.74, 6) is -0.387. The van der Waals surface area contributed by atoms with E-state index in [1.54, 1.807) is 0 Å². The number of carbonyl (C=O) groups is 1. The molecule has 1 aromatic carbocycles. The van der Waals surface area contributed by atoms with Crippen LogP contribution >= 0.6 is 0 Å². The first-order chi connectivity index (χ1) is 9.08. The predicted molar refractivity (Wildman–Crippen MR) is 68.9 cm³/mol. The quantitative estimate of drug-likeness (QED) is 0.667. The van der Waals surface area contributed by atoms with Crippen LogP contribution in [0.2, 0.25) is 0 Å². The summed E-state index contributed by atoms with van der Waals surface area (Å²) >= 11 is 0. The van der Waals surface area contributed by atoms with Crippen molar-refractivity contribution in [3.05, 3.63) is 33.9 Å². The van der Waals surface area contributed by atoms with Gasteiger partial charge in [0.05, 0.1) is 11.3 Å². The summed E-state index contributed by atoms with van der Waals surface area (Å²) in [4.78, 5) is 23.7. The lowest BCUT2D eigenvalue weighted by Gasteiger charge is -2.26. The SMILES string of the molecule is O=C(Cc1ccc([N+](=O)[O-])c(O)c1)N1CCCCC1. The number of amides is 1. The molecule has 0 radical (unpaired) electrons. The minimum absolute atomic E-state index is 0.00736. The molecule has 1 fully saturated rings. The van der Waals surface area contributed by atoms with Crippen LogP contribution in [0.5, 0.6) is 5.75 Å². The number of hydrogen-bond donors (Lipinski definition) is 1. The molecular formula is C13H16N2O4. The monoisotopic (exact) mass is 264 g/mol. The van der Waals surface area contributed by atoms with Crippen molar-refractivity contribution < 1.29 is 14.8 Å². The van der Waals surface area contributed by atoms with Crippen molar-refractivity contribution in [2.24, 2.45) is 0 Å². The minimum Gasteiger partial charge on any atom is -0.502 e. The molecule has 1 aliphatic heterocycles. The first-order valence-corrected chi connectivity index (χ1v) is 6.32. The molecule has 1 amide bonds. The first kappa shape index (κ1) is 13.3. The van der Waals surface area contributed by atoms with Gasteiger partial charge in [-0.25, -0.2) is 0 Å². The molecule has 0 saturated carbocycles. The maximum Gasteiger partial charge on any atom is 0.310 e. The molecule has 6 heteroatoms. The third kappa shape index (κ3) is 3.21. The molecule has 0 atom stereocenters. The van der Waals surface area contributed by atoms with Gasteiger partial charge in [0, 0.05) is 19.2 Å². The highest BCUT2D eigenvalue weighted by Gasteiger charge is 2.18. The molecule has 1 aliphatic rings. The number of nitro groups is 1. The van der Waals surface area contributed by atoms with Crippen molar-refractivity contribution in [2.75, 3.05) is 13.1 Å². The van der Waals surface area contributed by atoms with Crippen LogP contribution in [0.3, 0.4) is 0 Å². The zero-order valence-corrected chi connectivity index (χ0v) is 10.5. The summed E-state index contributed by atoms with van der Waals surface area (Å²) in [5, 5.41) is 20.1. The lowest BCUT2D eigenvalue weighted by molar-refractivity contribution is -0.385. The second-order valence-corrected chi connectivity index (χ2v) is 4.70. The van der Waals surface area contributed by atoms with Crippen LogP contribution in [0.15, 0.2) is 18.2 Å². The Morgan fingerprint density at radius 2 is 2.00 bits per heavy atom. The van der Waals surface area contributed by atoms with Gasteiger partial charge < -0.3 is 10.0 Å². The highest BCUT2D eigenvalue weighted by molar-refractivity contribution is 5.79. The average molecular weight is 264 g/mol. The van der Waals surface area contributed by atoms with Crippen LogP contribution in [0.4, 0.5) is 5.69 Å². The molecule has 102 valence electrons. The van der Waals surface area contributed by atoms with Crippen LogP contribution in [0.25, 0.3) is 0 Å². The first-order valence-electron chi connectivity index (χ1n) is 6.32. The molecule has 0 aliphatic carbocycles. The molecule has 1 aromatic rings. The molecule has 1 saturated heterocycles. The van der Waals surface area contributed by atoms with Gasteiger partial charge in [-0.15, -0.1) is 0 Å². The van der Waals surface area contributed by atoms with E-state index in [2.05, 4.69) is 0 Å². The number of benzene rings is 1. The van der Waals surface area contributed by atoms with Crippen LogP contribution in [0.1, 0.15) is 24.8 Å². The largest absolute Gasteiger partial charge is 0.502 e. The predicted octanol–water partition coefficient (Wildman–Crippen LogP) is 1.86. The molecule has 19 heavy (non-hydrogen) atoms. The Hall–Kier alpha value is -2.11. The van der Waals surface area contributed by atoms with Crippen LogP contribution in [0, 0.1) is 10.1 Å². The molecule has 0 bridgehead atoms. The number of phenolic OH excluding ortho intramolecular Hbond substituents is 1. The number of nitrogens with zero attached hydrogens (tertiary/aromatic N) is 2. The number of likely N-dealkylation sites (tertiary alicyclic amines) is 1. The number of rotatable bonds is 3. The Bertz CT molecular complexity index is 495. The van der Waals surface area contributed by atoms with E-state index < -0.39 is 10.7 Å². The van der Waals surface area contributed by atoms with E-state index in [0.717, 1.165) is 32.4 Å². The standard InChI is InChI=1S/C13H16N2O4/c16-12-8-10(4-5-11(12)15(18)19)9-13(17)14-6-2-1-3-7-14/h4-5,8,16H,1-3,6-7,9H2. The number of nitro benzene ring substituents is 1. The Morgan fingerprint density at radius 1 is 1.32 bits per heavy atom. The van der Waals surface area contributed by atoms with Crippen LogP contribution in [-0.4, -0.2) is 33.9 Å². The third-order valence-corrected chi connectivity index (χ3v) is 3.30. The topological polar surface area (TPSA) is 83.7 Å². The van der Waals surface area contributed by atoms with E-state index in [0.29, 0.717) is 5.56 Å².